The lowest BCUT2D eigenvalue weighted by atomic mass is 9.73. The maximum Gasteiger partial charge on any atom is 0.311 e. The topological polar surface area (TPSA) is 38.3 Å². The van der Waals surface area contributed by atoms with Crippen molar-refractivity contribution >= 4 is 5.97 Å². The van der Waals surface area contributed by atoms with Crippen molar-refractivity contribution in [1.29, 1.82) is 0 Å². The van der Waals surface area contributed by atoms with Crippen LogP contribution in [0.2, 0.25) is 0 Å². The van der Waals surface area contributed by atoms with Crippen molar-refractivity contribution in [2.45, 2.75) is 25.2 Å². The molecule has 2 aliphatic rings. The van der Waals surface area contributed by atoms with Crippen molar-refractivity contribution in [3.8, 4) is 0 Å². The number of hydrogen-bond acceptors (Lipinski definition) is 3. The van der Waals surface area contributed by atoms with Crippen LogP contribution in [0, 0.1) is 11.7 Å². The Balaban J connectivity index is 1.99. The summed E-state index contributed by atoms with van der Waals surface area (Å²) in [7, 11) is 0. The van der Waals surface area contributed by atoms with Gasteiger partial charge in [0.05, 0.1) is 12.5 Å². The Kier molecular flexibility index (Phi) is 3.05. The molecule has 1 aromatic rings. The molecule has 1 aromatic carbocycles. The summed E-state index contributed by atoms with van der Waals surface area (Å²) in [5, 5.41) is 3.31. The van der Waals surface area contributed by atoms with Gasteiger partial charge >= 0.3 is 5.97 Å². The van der Waals surface area contributed by atoms with Gasteiger partial charge in [-0.2, -0.15) is 0 Å². The molecule has 3 nitrogen and oxygen atoms in total. The molecule has 1 heterocycles. The summed E-state index contributed by atoms with van der Waals surface area (Å²) < 4.78 is 18.5. The highest BCUT2D eigenvalue weighted by Crippen LogP contribution is 2.46. The first-order valence-electron chi connectivity index (χ1n) is 6.83. The summed E-state index contributed by atoms with van der Waals surface area (Å²) in [6, 6.07) is 4.94. The highest BCUT2D eigenvalue weighted by molar-refractivity contribution is 5.76. The molecule has 1 aliphatic heterocycles. The second kappa shape index (κ2) is 4.60. The minimum atomic E-state index is -0.200. The van der Waals surface area contributed by atoms with E-state index in [9.17, 15) is 9.18 Å². The number of halogens is 1. The predicted octanol–water partition coefficient (Wildman–Crippen LogP) is 1.79. The highest BCUT2D eigenvalue weighted by atomic mass is 19.1. The zero-order valence-corrected chi connectivity index (χ0v) is 11.0. The molecule has 102 valence electrons. The molecule has 0 bridgehead atoms. The van der Waals surface area contributed by atoms with Gasteiger partial charge in [-0.3, -0.25) is 4.79 Å². The number of nitrogens with one attached hydrogen (secondary N) is 1. The lowest BCUT2D eigenvalue weighted by molar-refractivity contribution is -0.149. The van der Waals surface area contributed by atoms with Gasteiger partial charge in [-0.15, -0.1) is 0 Å². The van der Waals surface area contributed by atoms with Gasteiger partial charge in [0.15, 0.2) is 0 Å². The summed E-state index contributed by atoms with van der Waals surface area (Å²) in [6.07, 6.45) is 1.73. The van der Waals surface area contributed by atoms with Gasteiger partial charge in [0, 0.05) is 18.5 Å². The van der Waals surface area contributed by atoms with Crippen molar-refractivity contribution in [1.82, 2.24) is 5.32 Å². The number of carbonyl (C=O) groups is 1. The van der Waals surface area contributed by atoms with Crippen molar-refractivity contribution in [3.63, 3.8) is 0 Å². The molecule has 19 heavy (non-hydrogen) atoms. The van der Waals surface area contributed by atoms with Gasteiger partial charge in [-0.25, -0.2) is 4.39 Å². The zero-order chi connectivity index (χ0) is 13.5. The Morgan fingerprint density at radius 3 is 3.21 bits per heavy atom. The third-order valence-corrected chi connectivity index (χ3v) is 4.47. The van der Waals surface area contributed by atoms with Crippen LogP contribution in [0.5, 0.6) is 0 Å². The largest absolute Gasteiger partial charge is 0.466 e. The molecule has 0 radical (unpaired) electrons. The predicted molar refractivity (Wildman–Crippen MR) is 69.4 cm³/mol. The summed E-state index contributed by atoms with van der Waals surface area (Å²) in [5.74, 6) is -0.488. The second-order valence-electron chi connectivity index (χ2n) is 5.39. The average Bonchev–Trinajstić information content (AvgIpc) is 2.96. The molecule has 2 atom stereocenters. The lowest BCUT2D eigenvalue weighted by Crippen LogP contribution is -2.38. The molecular weight excluding hydrogens is 245 g/mol. The van der Waals surface area contributed by atoms with E-state index in [1.165, 1.54) is 6.07 Å². The Hall–Kier alpha value is -1.42. The fourth-order valence-electron chi connectivity index (χ4n) is 3.60. The van der Waals surface area contributed by atoms with Crippen LogP contribution in [-0.4, -0.2) is 25.7 Å². The first kappa shape index (κ1) is 12.6. The maximum absolute atomic E-state index is 13.3. The molecule has 0 aromatic heterocycles. The van der Waals surface area contributed by atoms with Gasteiger partial charge in [0.2, 0.25) is 0 Å². The maximum atomic E-state index is 13.3. The first-order chi connectivity index (χ1) is 9.17. The quantitative estimate of drug-likeness (QED) is 0.827. The van der Waals surface area contributed by atoms with Crippen LogP contribution < -0.4 is 5.32 Å². The van der Waals surface area contributed by atoms with E-state index in [-0.39, 0.29) is 23.1 Å². The Bertz CT molecular complexity index is 517. The van der Waals surface area contributed by atoms with E-state index in [1.807, 2.05) is 13.0 Å². The van der Waals surface area contributed by atoms with Crippen molar-refractivity contribution in [2.75, 3.05) is 19.7 Å². The monoisotopic (exact) mass is 263 g/mol. The SMILES string of the molecule is CCOC(=O)C1CNCC12CCc1cc(F)ccc12. The van der Waals surface area contributed by atoms with Gasteiger partial charge in [-0.05, 0) is 43.0 Å². The van der Waals surface area contributed by atoms with E-state index in [4.69, 9.17) is 4.74 Å². The van der Waals surface area contributed by atoms with Gasteiger partial charge in [-0.1, -0.05) is 6.07 Å². The van der Waals surface area contributed by atoms with Crippen LogP contribution in [0.1, 0.15) is 24.5 Å². The number of benzene rings is 1. The van der Waals surface area contributed by atoms with Crippen molar-refractivity contribution in [3.05, 3.63) is 35.1 Å². The number of rotatable bonds is 2. The van der Waals surface area contributed by atoms with Gasteiger partial charge in [0.1, 0.15) is 5.82 Å². The molecule has 1 aliphatic carbocycles. The molecule has 0 amide bonds. The van der Waals surface area contributed by atoms with Crippen LogP contribution >= 0.6 is 0 Å². The average molecular weight is 263 g/mol. The number of hydrogen-bond donors (Lipinski definition) is 1. The third-order valence-electron chi connectivity index (χ3n) is 4.47. The lowest BCUT2D eigenvalue weighted by Gasteiger charge is -2.30. The molecule has 1 N–H and O–H groups in total. The fraction of sp³-hybridized carbons (Fsp3) is 0.533. The number of aryl methyl sites for hydroxylation is 1. The fourth-order valence-corrected chi connectivity index (χ4v) is 3.60. The Labute approximate surface area is 112 Å². The first-order valence-corrected chi connectivity index (χ1v) is 6.83. The molecule has 2 unspecified atom stereocenters. The van der Waals surface area contributed by atoms with Gasteiger partial charge < -0.3 is 10.1 Å². The van der Waals surface area contributed by atoms with Crippen LogP contribution in [0.25, 0.3) is 0 Å². The van der Waals surface area contributed by atoms with E-state index in [0.29, 0.717) is 13.2 Å². The van der Waals surface area contributed by atoms with E-state index >= 15 is 0 Å². The van der Waals surface area contributed by atoms with E-state index in [0.717, 1.165) is 30.5 Å². The van der Waals surface area contributed by atoms with Crippen LogP contribution in [-0.2, 0) is 21.4 Å². The molecule has 1 fully saturated rings. The normalized spacial score (nSPS) is 28.6. The Morgan fingerprint density at radius 1 is 1.58 bits per heavy atom. The summed E-state index contributed by atoms with van der Waals surface area (Å²) >= 11 is 0. The second-order valence-corrected chi connectivity index (χ2v) is 5.39. The van der Waals surface area contributed by atoms with E-state index in [2.05, 4.69) is 5.32 Å². The van der Waals surface area contributed by atoms with Gasteiger partial charge in [0.25, 0.3) is 0 Å². The minimum Gasteiger partial charge on any atom is -0.466 e. The van der Waals surface area contributed by atoms with E-state index in [1.54, 1.807) is 6.07 Å². The standard InChI is InChI=1S/C15H18FNO2/c1-2-19-14(18)13-8-17-9-15(13)6-5-10-7-11(16)3-4-12(10)15/h3-4,7,13,17H,2,5-6,8-9H2,1H3. The van der Waals surface area contributed by atoms with Crippen LogP contribution in [0.3, 0.4) is 0 Å². The smallest absolute Gasteiger partial charge is 0.311 e. The van der Waals surface area contributed by atoms with E-state index < -0.39 is 0 Å². The van der Waals surface area contributed by atoms with Crippen LogP contribution in [0.15, 0.2) is 18.2 Å². The molecule has 1 saturated heterocycles. The van der Waals surface area contributed by atoms with Crippen molar-refractivity contribution in [2.24, 2.45) is 5.92 Å². The molecule has 1 spiro atoms. The van der Waals surface area contributed by atoms with Crippen LogP contribution in [0.4, 0.5) is 4.39 Å². The number of carbonyl (C=O) groups excluding carboxylic acids is 1. The molecule has 0 saturated carbocycles. The number of fused-ring (bicyclic) bond motifs is 2. The number of ether oxygens (including phenoxy) is 1. The summed E-state index contributed by atoms with van der Waals surface area (Å²) in [4.78, 5) is 12.1. The molecular formula is C15H18FNO2. The Morgan fingerprint density at radius 2 is 2.42 bits per heavy atom. The molecule has 3 rings (SSSR count). The summed E-state index contributed by atoms with van der Waals surface area (Å²) in [6.45, 7) is 3.65. The number of esters is 1. The van der Waals surface area contributed by atoms with Crippen molar-refractivity contribution < 1.29 is 13.9 Å². The summed E-state index contributed by atoms with van der Waals surface area (Å²) in [5.41, 5.74) is 1.96. The molecule has 4 heteroatoms. The third kappa shape index (κ3) is 1.86. The zero-order valence-electron chi connectivity index (χ0n) is 11.0. The minimum absolute atomic E-state index is 0.135. The highest BCUT2D eigenvalue weighted by Gasteiger charge is 2.51.